The van der Waals surface area contributed by atoms with E-state index in [1.165, 1.54) is 5.56 Å². The molecule has 1 atom stereocenters. The Morgan fingerprint density at radius 3 is 2.67 bits per heavy atom. The van der Waals surface area contributed by atoms with Crippen LogP contribution in [0.4, 0.5) is 0 Å². The molecule has 3 aromatic rings. The van der Waals surface area contributed by atoms with E-state index in [1.807, 2.05) is 12.1 Å². The normalized spacial score (nSPS) is 18.3. The Bertz CT molecular complexity index is 1030. The van der Waals surface area contributed by atoms with Crippen LogP contribution in [0.15, 0.2) is 48.7 Å². The van der Waals surface area contributed by atoms with Crippen LogP contribution >= 0.6 is 0 Å². The summed E-state index contributed by atoms with van der Waals surface area (Å²) in [5, 5.41) is 3.67. The fourth-order valence-electron chi connectivity index (χ4n) is 3.94. The van der Waals surface area contributed by atoms with Gasteiger partial charge in [0, 0.05) is 18.4 Å². The van der Waals surface area contributed by atoms with Crippen LogP contribution in [0.1, 0.15) is 22.9 Å². The molecule has 0 saturated carbocycles. The zero-order valence-electron chi connectivity index (χ0n) is 14.3. The quantitative estimate of drug-likeness (QED) is 0.647. The largest absolute Gasteiger partial charge is 1.00 e. The number of ether oxygens (including phenoxy) is 4. The van der Waals surface area contributed by atoms with Crippen molar-refractivity contribution in [3.05, 3.63) is 65.5 Å². The monoisotopic (exact) mass is 383 g/mol. The van der Waals surface area contributed by atoms with Crippen molar-refractivity contribution in [3.63, 3.8) is 0 Å². The number of benzene rings is 2. The molecule has 0 saturated heterocycles. The second-order valence-corrected chi connectivity index (χ2v) is 6.54. The second kappa shape index (κ2) is 6.11. The molecular formula is C20H16ClN2O4-. The van der Waals surface area contributed by atoms with Crippen LogP contribution in [0.2, 0.25) is 0 Å². The minimum absolute atomic E-state index is 0. The summed E-state index contributed by atoms with van der Waals surface area (Å²) in [5.41, 5.74) is 4.51. The number of rotatable bonds is 1. The fourth-order valence-corrected chi connectivity index (χ4v) is 3.94. The smallest absolute Gasteiger partial charge is 0.231 e. The third-order valence-corrected chi connectivity index (χ3v) is 5.14. The molecule has 0 spiro atoms. The summed E-state index contributed by atoms with van der Waals surface area (Å²) in [6, 6.07) is 14.4. The molecule has 7 heteroatoms. The van der Waals surface area contributed by atoms with Crippen molar-refractivity contribution in [2.24, 2.45) is 0 Å². The maximum Gasteiger partial charge on any atom is 0.231 e. The van der Waals surface area contributed by atoms with Crippen molar-refractivity contribution in [3.8, 4) is 28.7 Å². The first-order valence-electron chi connectivity index (χ1n) is 8.60. The van der Waals surface area contributed by atoms with E-state index in [4.69, 9.17) is 18.9 Å². The molecule has 1 aromatic heterocycles. The highest BCUT2D eigenvalue weighted by Crippen LogP contribution is 2.43. The molecule has 1 N–H and O–H groups in total. The van der Waals surface area contributed by atoms with Gasteiger partial charge in [0.05, 0.1) is 11.7 Å². The van der Waals surface area contributed by atoms with Crippen molar-refractivity contribution in [2.45, 2.75) is 12.6 Å². The first kappa shape index (κ1) is 16.4. The van der Waals surface area contributed by atoms with Gasteiger partial charge >= 0.3 is 0 Å². The van der Waals surface area contributed by atoms with Crippen LogP contribution in [0.25, 0.3) is 5.69 Å². The van der Waals surface area contributed by atoms with E-state index in [0.717, 1.165) is 46.5 Å². The average molecular weight is 384 g/mol. The number of aromatic nitrogens is 1. The van der Waals surface area contributed by atoms with E-state index in [-0.39, 0.29) is 32.0 Å². The standard InChI is InChI=1S/C20H16N2O4.ClH/c1-2-14-18(12-3-5-15-17(8-12)25-10-23-15)21-9-13-4-6-16-20(26-11-24-16)19(13)22(14)7-1;/h1-8,18,21H,9-11H2;1H/p-1. The number of hydrogen-bond acceptors (Lipinski definition) is 5. The van der Waals surface area contributed by atoms with E-state index in [1.54, 1.807) is 0 Å². The minimum Gasteiger partial charge on any atom is -1.00 e. The molecule has 0 bridgehead atoms. The van der Waals surface area contributed by atoms with Gasteiger partial charge in [-0.2, -0.15) is 0 Å². The van der Waals surface area contributed by atoms with Gasteiger partial charge in [0.25, 0.3) is 0 Å². The number of fused-ring (bicyclic) bond motifs is 6. The van der Waals surface area contributed by atoms with Gasteiger partial charge in [-0.25, -0.2) is 0 Å². The van der Waals surface area contributed by atoms with Crippen molar-refractivity contribution in [1.29, 1.82) is 0 Å². The predicted molar refractivity (Wildman–Crippen MR) is 93.1 cm³/mol. The summed E-state index contributed by atoms with van der Waals surface area (Å²) < 4.78 is 24.5. The van der Waals surface area contributed by atoms with Crippen LogP contribution in [-0.2, 0) is 6.54 Å². The average Bonchev–Trinajstić information content (AvgIpc) is 3.40. The molecule has 0 aliphatic carbocycles. The van der Waals surface area contributed by atoms with Crippen LogP contribution in [0.3, 0.4) is 0 Å². The number of nitrogens with one attached hydrogen (secondary N) is 1. The number of hydrogen-bond donors (Lipinski definition) is 1. The minimum atomic E-state index is 0. The van der Waals surface area contributed by atoms with Gasteiger partial charge in [0.2, 0.25) is 13.6 Å². The van der Waals surface area contributed by atoms with Crippen LogP contribution in [-0.4, -0.2) is 18.2 Å². The van der Waals surface area contributed by atoms with Gasteiger partial charge in [-0.1, -0.05) is 12.1 Å². The van der Waals surface area contributed by atoms with Gasteiger partial charge in [-0.3, -0.25) is 0 Å². The van der Waals surface area contributed by atoms with Gasteiger partial charge < -0.3 is 41.2 Å². The van der Waals surface area contributed by atoms with Gasteiger partial charge in [0.1, 0.15) is 0 Å². The molecular weight excluding hydrogens is 368 g/mol. The molecule has 0 amide bonds. The first-order valence-corrected chi connectivity index (χ1v) is 8.60. The van der Waals surface area contributed by atoms with Crippen LogP contribution < -0.4 is 36.7 Å². The second-order valence-electron chi connectivity index (χ2n) is 6.54. The predicted octanol–water partition coefficient (Wildman–Crippen LogP) is 0.131. The molecule has 0 radical (unpaired) electrons. The van der Waals surface area contributed by atoms with E-state index < -0.39 is 0 Å². The van der Waals surface area contributed by atoms with E-state index >= 15 is 0 Å². The highest BCUT2D eigenvalue weighted by Gasteiger charge is 2.29. The molecule has 2 aromatic carbocycles. The Hall–Kier alpha value is -2.83. The summed E-state index contributed by atoms with van der Waals surface area (Å²) in [6.07, 6.45) is 2.07. The van der Waals surface area contributed by atoms with Crippen LogP contribution in [0.5, 0.6) is 23.0 Å². The van der Waals surface area contributed by atoms with Crippen molar-refractivity contribution < 1.29 is 31.4 Å². The summed E-state index contributed by atoms with van der Waals surface area (Å²) in [6.45, 7) is 1.27. The maximum atomic E-state index is 5.77. The first-order chi connectivity index (χ1) is 12.9. The Labute approximate surface area is 162 Å². The number of nitrogens with zero attached hydrogens (tertiary/aromatic N) is 1. The molecule has 1 unspecified atom stereocenters. The van der Waals surface area contributed by atoms with Gasteiger partial charge in [0.15, 0.2) is 23.0 Å². The van der Waals surface area contributed by atoms with E-state index in [2.05, 4.69) is 46.4 Å². The molecule has 138 valence electrons. The van der Waals surface area contributed by atoms with Crippen molar-refractivity contribution in [2.75, 3.05) is 13.6 Å². The van der Waals surface area contributed by atoms with Crippen LogP contribution in [0, 0.1) is 0 Å². The Morgan fingerprint density at radius 1 is 0.889 bits per heavy atom. The molecule has 6 nitrogen and oxygen atoms in total. The summed E-state index contributed by atoms with van der Waals surface area (Å²) in [4.78, 5) is 0. The lowest BCUT2D eigenvalue weighted by Gasteiger charge is -2.18. The topological polar surface area (TPSA) is 53.9 Å². The summed E-state index contributed by atoms with van der Waals surface area (Å²) in [5.74, 6) is 3.20. The molecule has 3 aliphatic rings. The Kier molecular flexibility index (Phi) is 3.70. The molecule has 27 heavy (non-hydrogen) atoms. The van der Waals surface area contributed by atoms with Crippen molar-refractivity contribution in [1.82, 2.24) is 9.88 Å². The highest BCUT2D eigenvalue weighted by molar-refractivity contribution is 5.63. The molecule has 4 heterocycles. The van der Waals surface area contributed by atoms with Gasteiger partial charge in [-0.05, 0) is 41.5 Å². The highest BCUT2D eigenvalue weighted by atomic mass is 35.5. The Morgan fingerprint density at radius 2 is 1.70 bits per heavy atom. The van der Waals surface area contributed by atoms with E-state index in [0.29, 0.717) is 0 Å². The number of halogens is 1. The zero-order chi connectivity index (χ0) is 17.1. The maximum absolute atomic E-state index is 5.77. The lowest BCUT2D eigenvalue weighted by atomic mass is 10.0. The van der Waals surface area contributed by atoms with Crippen molar-refractivity contribution >= 4 is 0 Å². The molecule has 6 rings (SSSR count). The third kappa shape index (κ3) is 2.37. The zero-order valence-corrected chi connectivity index (χ0v) is 15.0. The summed E-state index contributed by atoms with van der Waals surface area (Å²) >= 11 is 0. The fraction of sp³-hybridized carbons (Fsp3) is 0.200. The SMILES string of the molecule is [Cl-].c1cc2n(c1)-c1c(ccc3c1OCO3)CNC2c1ccc2c(c1)OCO2. The summed E-state index contributed by atoms with van der Waals surface area (Å²) in [7, 11) is 0. The third-order valence-electron chi connectivity index (χ3n) is 5.14. The van der Waals surface area contributed by atoms with Gasteiger partial charge in [-0.15, -0.1) is 0 Å². The van der Waals surface area contributed by atoms with E-state index in [9.17, 15) is 0 Å². The molecule has 3 aliphatic heterocycles. The lowest BCUT2D eigenvalue weighted by Crippen LogP contribution is -3.00. The Balaban J connectivity index is 0.00000160. The molecule has 0 fully saturated rings. The lowest BCUT2D eigenvalue weighted by molar-refractivity contribution is -0.00000811.